The van der Waals surface area contributed by atoms with Gasteiger partial charge in [0.1, 0.15) is 5.82 Å². The standard InChI is InChI=1S/C27H26FN3O4/c1-3-23(32)29-22-6-4-5-19(15-22)25-24(26(33)30-21-13-11-20(28)12-14-21)31(27(34)35-25)16-18-9-7-17(2)8-10-18/h4-15,24-25H,3,16H2,1-2H3,(H,29,32)(H,30,33). The molecule has 0 aromatic heterocycles. The largest absolute Gasteiger partial charge is 0.438 e. The highest BCUT2D eigenvalue weighted by molar-refractivity contribution is 5.98. The van der Waals surface area contributed by atoms with E-state index in [9.17, 15) is 18.8 Å². The van der Waals surface area contributed by atoms with Crippen LogP contribution < -0.4 is 10.6 Å². The maximum Gasteiger partial charge on any atom is 0.411 e. The molecule has 8 heteroatoms. The van der Waals surface area contributed by atoms with E-state index in [1.165, 1.54) is 29.2 Å². The Hall–Kier alpha value is -4.20. The molecule has 35 heavy (non-hydrogen) atoms. The molecule has 2 atom stereocenters. The maximum absolute atomic E-state index is 13.4. The summed E-state index contributed by atoms with van der Waals surface area (Å²) in [5.74, 6) is -1.05. The molecule has 4 rings (SSSR count). The lowest BCUT2D eigenvalue weighted by atomic mass is 9.99. The predicted molar refractivity (Wildman–Crippen MR) is 130 cm³/mol. The van der Waals surface area contributed by atoms with E-state index in [0.29, 0.717) is 23.4 Å². The predicted octanol–water partition coefficient (Wildman–Crippen LogP) is 5.18. The first-order valence-electron chi connectivity index (χ1n) is 11.3. The quantitative estimate of drug-likeness (QED) is 0.493. The third-order valence-corrected chi connectivity index (χ3v) is 5.76. The summed E-state index contributed by atoms with van der Waals surface area (Å²) in [5, 5.41) is 5.55. The maximum atomic E-state index is 13.4. The van der Waals surface area contributed by atoms with Crippen molar-refractivity contribution in [3.8, 4) is 0 Å². The summed E-state index contributed by atoms with van der Waals surface area (Å²) >= 11 is 0. The van der Waals surface area contributed by atoms with Crippen molar-refractivity contribution in [2.75, 3.05) is 10.6 Å². The molecule has 0 spiro atoms. The lowest BCUT2D eigenvalue weighted by molar-refractivity contribution is -0.121. The van der Waals surface area contributed by atoms with E-state index in [1.807, 2.05) is 31.2 Å². The number of benzene rings is 3. The Kier molecular flexibility index (Phi) is 7.10. The summed E-state index contributed by atoms with van der Waals surface area (Å²) < 4.78 is 19.0. The number of hydrogen-bond acceptors (Lipinski definition) is 4. The average Bonchev–Trinajstić information content (AvgIpc) is 3.18. The van der Waals surface area contributed by atoms with Crippen molar-refractivity contribution in [3.05, 3.63) is 95.3 Å². The zero-order chi connectivity index (χ0) is 24.9. The van der Waals surface area contributed by atoms with Gasteiger partial charge in [0.15, 0.2) is 12.1 Å². The van der Waals surface area contributed by atoms with Gasteiger partial charge in [-0.2, -0.15) is 0 Å². The molecule has 0 aliphatic carbocycles. The first-order valence-corrected chi connectivity index (χ1v) is 11.3. The molecular formula is C27H26FN3O4. The van der Waals surface area contributed by atoms with Gasteiger partial charge in [0.05, 0.1) is 6.54 Å². The van der Waals surface area contributed by atoms with Crippen molar-refractivity contribution >= 4 is 29.3 Å². The molecule has 0 bridgehead atoms. The number of aryl methyl sites for hydroxylation is 1. The minimum Gasteiger partial charge on any atom is -0.438 e. The molecule has 180 valence electrons. The Bertz CT molecular complexity index is 1230. The normalized spacial score (nSPS) is 17.1. The van der Waals surface area contributed by atoms with E-state index in [2.05, 4.69) is 10.6 Å². The molecular weight excluding hydrogens is 449 g/mol. The van der Waals surface area contributed by atoms with Crippen LogP contribution in [0, 0.1) is 12.7 Å². The van der Waals surface area contributed by atoms with E-state index >= 15 is 0 Å². The Morgan fingerprint density at radius 3 is 2.37 bits per heavy atom. The first-order chi connectivity index (χ1) is 16.8. The summed E-state index contributed by atoms with van der Waals surface area (Å²) in [5.41, 5.74) is 3.43. The number of carbonyl (C=O) groups is 3. The summed E-state index contributed by atoms with van der Waals surface area (Å²) in [6.07, 6.45) is -1.22. The molecule has 2 N–H and O–H groups in total. The SMILES string of the molecule is CCC(=O)Nc1cccc(C2OC(=O)N(Cc3ccc(C)cc3)C2C(=O)Nc2ccc(F)cc2)c1. The van der Waals surface area contributed by atoms with Crippen LogP contribution in [-0.4, -0.2) is 28.8 Å². The fourth-order valence-electron chi connectivity index (χ4n) is 3.89. The van der Waals surface area contributed by atoms with Gasteiger partial charge in [0.25, 0.3) is 5.91 Å². The van der Waals surface area contributed by atoms with Gasteiger partial charge in [-0.3, -0.25) is 14.5 Å². The molecule has 1 aliphatic rings. The van der Waals surface area contributed by atoms with Crippen molar-refractivity contribution in [1.29, 1.82) is 0 Å². The zero-order valence-electron chi connectivity index (χ0n) is 19.5. The number of halogens is 1. The number of carbonyl (C=O) groups excluding carboxylic acids is 3. The zero-order valence-corrected chi connectivity index (χ0v) is 19.5. The van der Waals surface area contributed by atoms with E-state index in [1.54, 1.807) is 31.2 Å². The summed E-state index contributed by atoms with van der Waals surface area (Å²) in [6.45, 7) is 3.88. The smallest absolute Gasteiger partial charge is 0.411 e. The molecule has 3 aromatic rings. The van der Waals surface area contributed by atoms with Crippen molar-refractivity contribution in [1.82, 2.24) is 4.90 Å². The molecule has 1 heterocycles. The fraction of sp³-hybridized carbons (Fsp3) is 0.222. The van der Waals surface area contributed by atoms with Gasteiger partial charge in [-0.05, 0) is 54.4 Å². The summed E-state index contributed by atoms with van der Waals surface area (Å²) in [7, 11) is 0. The van der Waals surface area contributed by atoms with Gasteiger partial charge in [-0.15, -0.1) is 0 Å². The number of rotatable bonds is 7. The Morgan fingerprint density at radius 1 is 0.971 bits per heavy atom. The van der Waals surface area contributed by atoms with Crippen LogP contribution in [0.15, 0.2) is 72.8 Å². The van der Waals surface area contributed by atoms with Crippen LogP contribution in [0.3, 0.4) is 0 Å². The van der Waals surface area contributed by atoms with E-state index in [-0.39, 0.29) is 12.5 Å². The van der Waals surface area contributed by atoms with Gasteiger partial charge in [-0.25, -0.2) is 9.18 Å². The average molecular weight is 476 g/mol. The molecule has 7 nitrogen and oxygen atoms in total. The third kappa shape index (κ3) is 5.66. The van der Waals surface area contributed by atoms with Gasteiger partial charge < -0.3 is 15.4 Å². The second kappa shape index (κ2) is 10.4. The van der Waals surface area contributed by atoms with Crippen molar-refractivity contribution in [2.45, 2.75) is 39.0 Å². The molecule has 2 unspecified atom stereocenters. The first kappa shape index (κ1) is 23.9. The third-order valence-electron chi connectivity index (χ3n) is 5.76. The number of cyclic esters (lactones) is 1. The number of amides is 3. The van der Waals surface area contributed by atoms with Crippen LogP contribution in [0.1, 0.15) is 36.1 Å². The molecule has 3 amide bonds. The fourth-order valence-corrected chi connectivity index (χ4v) is 3.89. The molecule has 0 saturated carbocycles. The highest BCUT2D eigenvalue weighted by Crippen LogP contribution is 2.35. The lowest BCUT2D eigenvalue weighted by Gasteiger charge is -2.24. The van der Waals surface area contributed by atoms with E-state index in [4.69, 9.17) is 4.74 Å². The number of nitrogens with one attached hydrogen (secondary N) is 2. The van der Waals surface area contributed by atoms with Crippen LogP contribution in [0.4, 0.5) is 20.6 Å². The lowest BCUT2D eigenvalue weighted by Crippen LogP contribution is -2.43. The molecule has 3 aromatic carbocycles. The minimum absolute atomic E-state index is 0.155. The second-order valence-electron chi connectivity index (χ2n) is 8.39. The highest BCUT2D eigenvalue weighted by Gasteiger charge is 2.47. The molecule has 1 aliphatic heterocycles. The number of ether oxygens (including phenoxy) is 1. The Balaban J connectivity index is 1.66. The Morgan fingerprint density at radius 2 is 1.69 bits per heavy atom. The molecule has 0 radical (unpaired) electrons. The van der Waals surface area contributed by atoms with Gasteiger partial charge in [0, 0.05) is 17.8 Å². The second-order valence-corrected chi connectivity index (χ2v) is 8.39. The van der Waals surface area contributed by atoms with Crippen molar-refractivity contribution < 1.29 is 23.5 Å². The van der Waals surface area contributed by atoms with Crippen molar-refractivity contribution in [2.24, 2.45) is 0 Å². The molecule has 1 saturated heterocycles. The van der Waals surface area contributed by atoms with E-state index in [0.717, 1.165) is 11.1 Å². The van der Waals surface area contributed by atoms with Crippen LogP contribution >= 0.6 is 0 Å². The number of nitrogens with zero attached hydrogens (tertiary/aromatic N) is 1. The van der Waals surface area contributed by atoms with Gasteiger partial charge in [0.2, 0.25) is 5.91 Å². The van der Waals surface area contributed by atoms with E-state index < -0.39 is 30.0 Å². The van der Waals surface area contributed by atoms with Crippen LogP contribution in [0.5, 0.6) is 0 Å². The monoisotopic (exact) mass is 475 g/mol. The molecule has 1 fully saturated rings. The summed E-state index contributed by atoms with van der Waals surface area (Å²) in [6, 6.07) is 18.9. The minimum atomic E-state index is -0.994. The number of hydrogen-bond donors (Lipinski definition) is 2. The van der Waals surface area contributed by atoms with Gasteiger partial charge >= 0.3 is 6.09 Å². The topological polar surface area (TPSA) is 87.7 Å². The highest BCUT2D eigenvalue weighted by atomic mass is 19.1. The van der Waals surface area contributed by atoms with Crippen LogP contribution in [0.2, 0.25) is 0 Å². The Labute approximate surface area is 202 Å². The van der Waals surface area contributed by atoms with Gasteiger partial charge in [-0.1, -0.05) is 48.9 Å². The van der Waals surface area contributed by atoms with Crippen LogP contribution in [0.25, 0.3) is 0 Å². The van der Waals surface area contributed by atoms with Crippen molar-refractivity contribution in [3.63, 3.8) is 0 Å². The van der Waals surface area contributed by atoms with Crippen LogP contribution in [-0.2, 0) is 20.9 Å². The number of anilines is 2. The summed E-state index contributed by atoms with van der Waals surface area (Å²) in [4.78, 5) is 39.6.